The highest BCUT2D eigenvalue weighted by molar-refractivity contribution is 6.00. The molecule has 0 amide bonds. The second kappa shape index (κ2) is 6.66. The number of Topliss-reactive ketones (excluding diaryl/α,β-unsaturated/α-hetero) is 2. The third-order valence-corrected chi connectivity index (χ3v) is 3.37. The van der Waals surface area contributed by atoms with E-state index in [0.717, 1.165) is 5.56 Å². The monoisotopic (exact) mass is 290 g/mol. The fraction of sp³-hybridized carbons (Fsp3) is 0.471. The van der Waals surface area contributed by atoms with E-state index in [1.807, 2.05) is 20.8 Å². The van der Waals surface area contributed by atoms with Crippen molar-refractivity contribution in [3.8, 4) is 0 Å². The van der Waals surface area contributed by atoms with E-state index >= 15 is 0 Å². The summed E-state index contributed by atoms with van der Waals surface area (Å²) in [4.78, 5) is 34.9. The Bertz CT molecular complexity index is 535. The average Bonchev–Trinajstić information content (AvgIpc) is 2.42. The number of hydrogen-bond acceptors (Lipinski definition) is 3. The minimum absolute atomic E-state index is 0.0356. The van der Waals surface area contributed by atoms with Gasteiger partial charge in [0, 0.05) is 17.4 Å². The minimum Gasteiger partial charge on any atom is -0.481 e. The van der Waals surface area contributed by atoms with Crippen molar-refractivity contribution >= 4 is 17.5 Å². The first kappa shape index (κ1) is 17.1. The highest BCUT2D eigenvalue weighted by atomic mass is 16.4. The summed E-state index contributed by atoms with van der Waals surface area (Å²) in [5.41, 5.74) is 0.887. The molecule has 0 saturated heterocycles. The number of carboxylic acids is 1. The topological polar surface area (TPSA) is 71.4 Å². The van der Waals surface area contributed by atoms with Crippen LogP contribution in [-0.2, 0) is 16.0 Å². The largest absolute Gasteiger partial charge is 0.481 e. The fourth-order valence-electron chi connectivity index (χ4n) is 2.05. The van der Waals surface area contributed by atoms with Gasteiger partial charge in [-0.25, -0.2) is 0 Å². The first-order chi connectivity index (χ1) is 9.66. The van der Waals surface area contributed by atoms with E-state index in [1.54, 1.807) is 31.2 Å². The molecular formula is C17H22O4. The highest BCUT2D eigenvalue weighted by Crippen LogP contribution is 2.21. The lowest BCUT2D eigenvalue weighted by molar-refractivity contribution is -0.146. The zero-order valence-electron chi connectivity index (χ0n) is 13.0. The molecule has 0 heterocycles. The number of aliphatic carboxylic acids is 1. The maximum atomic E-state index is 12.1. The van der Waals surface area contributed by atoms with Gasteiger partial charge in [-0.2, -0.15) is 0 Å². The summed E-state index contributed by atoms with van der Waals surface area (Å²) in [6.07, 6.45) is 0.365. The smallest absolute Gasteiger partial charge is 0.314 e. The van der Waals surface area contributed by atoms with E-state index in [0.29, 0.717) is 5.56 Å². The summed E-state index contributed by atoms with van der Waals surface area (Å²) in [7, 11) is 0. The number of rotatable bonds is 6. The van der Waals surface area contributed by atoms with Gasteiger partial charge < -0.3 is 5.11 Å². The van der Waals surface area contributed by atoms with Crippen molar-refractivity contribution in [3.05, 3.63) is 35.4 Å². The number of carboxylic acid groups (broad SMARTS) is 1. The van der Waals surface area contributed by atoms with Crippen molar-refractivity contribution in [3.63, 3.8) is 0 Å². The van der Waals surface area contributed by atoms with Crippen LogP contribution in [0.1, 0.15) is 50.0 Å². The highest BCUT2D eigenvalue weighted by Gasteiger charge is 2.26. The lowest BCUT2D eigenvalue weighted by Gasteiger charge is -2.17. The molecule has 0 saturated carbocycles. The van der Waals surface area contributed by atoms with Gasteiger partial charge in [-0.3, -0.25) is 14.4 Å². The predicted molar refractivity (Wildman–Crippen MR) is 80.4 cm³/mol. The molecule has 1 aromatic carbocycles. The molecule has 1 N–H and O–H groups in total. The molecule has 21 heavy (non-hydrogen) atoms. The standard InChI is InChI=1S/C17H22O4/c1-5-14(18)13(16(20)21)10-11-6-8-12(9-7-11)15(19)17(2,3)4/h6-9,13H,5,10H2,1-4H3,(H,20,21). The van der Waals surface area contributed by atoms with Crippen molar-refractivity contribution in [2.45, 2.75) is 40.5 Å². The first-order valence-corrected chi connectivity index (χ1v) is 7.06. The van der Waals surface area contributed by atoms with Crippen LogP contribution in [-0.4, -0.2) is 22.6 Å². The van der Waals surface area contributed by atoms with Crippen LogP contribution < -0.4 is 0 Å². The Balaban J connectivity index is 2.90. The number of benzene rings is 1. The number of hydrogen-bond donors (Lipinski definition) is 1. The van der Waals surface area contributed by atoms with Crippen LogP contribution >= 0.6 is 0 Å². The van der Waals surface area contributed by atoms with E-state index in [-0.39, 0.29) is 24.4 Å². The molecule has 0 aliphatic carbocycles. The molecule has 1 unspecified atom stereocenters. The molecule has 1 aromatic rings. The van der Waals surface area contributed by atoms with Crippen LogP contribution in [0.2, 0.25) is 0 Å². The molecule has 0 fully saturated rings. The second-order valence-corrected chi connectivity index (χ2v) is 6.19. The van der Waals surface area contributed by atoms with Crippen LogP contribution in [0.3, 0.4) is 0 Å². The van der Waals surface area contributed by atoms with Crippen LogP contribution in [0.4, 0.5) is 0 Å². The number of ketones is 2. The Morgan fingerprint density at radius 1 is 1.10 bits per heavy atom. The summed E-state index contributed by atoms with van der Waals surface area (Å²) < 4.78 is 0. The molecule has 0 aliphatic rings. The van der Waals surface area contributed by atoms with Crippen LogP contribution in [0.25, 0.3) is 0 Å². The van der Waals surface area contributed by atoms with Crippen molar-refractivity contribution in [2.24, 2.45) is 11.3 Å². The molecule has 0 radical (unpaired) electrons. The lowest BCUT2D eigenvalue weighted by atomic mass is 9.86. The SMILES string of the molecule is CCC(=O)C(Cc1ccc(C(=O)C(C)(C)C)cc1)C(=O)O. The van der Waals surface area contributed by atoms with Gasteiger partial charge >= 0.3 is 5.97 Å². The summed E-state index contributed by atoms with van der Waals surface area (Å²) in [5, 5.41) is 9.11. The number of carbonyl (C=O) groups excluding carboxylic acids is 2. The van der Waals surface area contributed by atoms with Crippen LogP contribution in [0.5, 0.6) is 0 Å². The van der Waals surface area contributed by atoms with Crippen LogP contribution in [0.15, 0.2) is 24.3 Å². The third kappa shape index (κ3) is 4.52. The van der Waals surface area contributed by atoms with Crippen LogP contribution in [0, 0.1) is 11.3 Å². The van der Waals surface area contributed by atoms with E-state index in [4.69, 9.17) is 5.11 Å². The normalized spacial score (nSPS) is 12.8. The third-order valence-electron chi connectivity index (χ3n) is 3.37. The molecule has 1 rings (SSSR count). The molecule has 0 spiro atoms. The molecule has 114 valence electrons. The van der Waals surface area contributed by atoms with Gasteiger partial charge in [-0.1, -0.05) is 52.0 Å². The van der Waals surface area contributed by atoms with Gasteiger partial charge in [0.25, 0.3) is 0 Å². The maximum absolute atomic E-state index is 12.1. The Labute approximate surface area is 125 Å². The first-order valence-electron chi connectivity index (χ1n) is 7.06. The maximum Gasteiger partial charge on any atom is 0.314 e. The van der Waals surface area contributed by atoms with E-state index in [9.17, 15) is 14.4 Å². The number of carbonyl (C=O) groups is 3. The minimum atomic E-state index is -1.10. The molecule has 0 aliphatic heterocycles. The molecule has 4 nitrogen and oxygen atoms in total. The zero-order valence-corrected chi connectivity index (χ0v) is 13.0. The predicted octanol–water partition coefficient (Wildman–Crippen LogP) is 3.14. The Hall–Kier alpha value is -1.97. The van der Waals surface area contributed by atoms with Gasteiger partial charge in [-0.15, -0.1) is 0 Å². The summed E-state index contributed by atoms with van der Waals surface area (Å²) in [5.74, 6) is -2.36. The summed E-state index contributed by atoms with van der Waals surface area (Å²) in [6.45, 7) is 7.21. The Morgan fingerprint density at radius 2 is 1.62 bits per heavy atom. The van der Waals surface area contributed by atoms with E-state index in [2.05, 4.69) is 0 Å². The quantitative estimate of drug-likeness (QED) is 0.645. The molecule has 4 heteroatoms. The van der Waals surface area contributed by atoms with Gasteiger partial charge in [-0.05, 0) is 12.0 Å². The van der Waals surface area contributed by atoms with E-state index < -0.39 is 17.3 Å². The fourth-order valence-corrected chi connectivity index (χ4v) is 2.05. The van der Waals surface area contributed by atoms with Crippen molar-refractivity contribution in [1.82, 2.24) is 0 Å². The second-order valence-electron chi connectivity index (χ2n) is 6.19. The average molecular weight is 290 g/mol. The summed E-state index contributed by atoms with van der Waals surface area (Å²) in [6, 6.07) is 6.83. The van der Waals surface area contributed by atoms with Gasteiger partial charge in [0.1, 0.15) is 11.7 Å². The van der Waals surface area contributed by atoms with Crippen molar-refractivity contribution < 1.29 is 19.5 Å². The van der Waals surface area contributed by atoms with Crippen molar-refractivity contribution in [2.75, 3.05) is 0 Å². The molecule has 0 bridgehead atoms. The lowest BCUT2D eigenvalue weighted by Crippen LogP contribution is -2.25. The van der Waals surface area contributed by atoms with Gasteiger partial charge in [0.05, 0.1) is 0 Å². The van der Waals surface area contributed by atoms with E-state index in [1.165, 1.54) is 0 Å². The van der Waals surface area contributed by atoms with Gasteiger partial charge in [0.15, 0.2) is 5.78 Å². The Morgan fingerprint density at radius 3 is 2.00 bits per heavy atom. The Kier molecular flexibility index (Phi) is 5.41. The molecular weight excluding hydrogens is 268 g/mol. The van der Waals surface area contributed by atoms with Crippen molar-refractivity contribution in [1.29, 1.82) is 0 Å². The molecule has 0 aromatic heterocycles. The summed E-state index contributed by atoms with van der Waals surface area (Å²) >= 11 is 0. The molecule has 1 atom stereocenters. The zero-order chi connectivity index (χ0) is 16.2. The van der Waals surface area contributed by atoms with Gasteiger partial charge in [0.2, 0.25) is 0 Å².